The van der Waals surface area contributed by atoms with E-state index in [-0.39, 0.29) is 17.9 Å². The molecule has 1 heterocycles. The Kier molecular flexibility index (Phi) is 5.46. The Labute approximate surface area is 163 Å². The number of nitrogens with two attached hydrogens (primary N) is 1. The molecule has 27 heavy (non-hydrogen) atoms. The number of nitrogens with one attached hydrogen (secondary N) is 1. The number of rotatable bonds is 5. The third-order valence-electron chi connectivity index (χ3n) is 3.79. The summed E-state index contributed by atoms with van der Waals surface area (Å²) >= 11 is 3.35. The van der Waals surface area contributed by atoms with Crippen LogP contribution in [0, 0.1) is 0 Å². The molecule has 0 saturated heterocycles. The molecule has 2 aromatic carbocycles. The molecule has 0 fully saturated rings. The number of halogens is 1. The Hall–Kier alpha value is -3.26. The van der Waals surface area contributed by atoms with E-state index in [1.54, 1.807) is 42.5 Å². The van der Waals surface area contributed by atoms with Gasteiger partial charge < -0.3 is 11.1 Å². The summed E-state index contributed by atoms with van der Waals surface area (Å²) in [6.45, 7) is -0.321. The van der Waals surface area contributed by atoms with Gasteiger partial charge >= 0.3 is 0 Å². The maximum atomic E-state index is 12.7. The van der Waals surface area contributed by atoms with Gasteiger partial charge in [0.25, 0.3) is 11.5 Å². The molecule has 3 aromatic rings. The van der Waals surface area contributed by atoms with Gasteiger partial charge in [-0.05, 0) is 28.1 Å². The summed E-state index contributed by atoms with van der Waals surface area (Å²) in [5.41, 5.74) is 5.51. The number of benzene rings is 2. The summed E-state index contributed by atoms with van der Waals surface area (Å²) in [6, 6.07) is 16.0. The zero-order chi connectivity index (χ0) is 19.4. The monoisotopic (exact) mass is 426 g/mol. The number of primary amides is 1. The van der Waals surface area contributed by atoms with E-state index in [1.807, 2.05) is 12.1 Å². The van der Waals surface area contributed by atoms with Crippen molar-refractivity contribution in [3.63, 3.8) is 0 Å². The minimum absolute atomic E-state index is 0.271. The SMILES string of the molecule is NC(=O)c1cnc(-c2ccccc2)n(CC(=O)Nc2ccccc2Br)c1=O. The third-order valence-corrected chi connectivity index (χ3v) is 4.49. The Morgan fingerprint density at radius 2 is 1.74 bits per heavy atom. The van der Waals surface area contributed by atoms with Crippen molar-refractivity contribution in [2.45, 2.75) is 6.54 Å². The fraction of sp³-hybridized carbons (Fsp3) is 0.0526. The second-order valence-electron chi connectivity index (χ2n) is 5.65. The maximum Gasteiger partial charge on any atom is 0.267 e. The first kappa shape index (κ1) is 18.5. The standard InChI is InChI=1S/C19H15BrN4O3/c20-14-8-4-5-9-15(14)23-16(25)11-24-18(12-6-2-1-3-7-12)22-10-13(17(21)26)19(24)27/h1-10H,11H2,(H2,21,26)(H,23,25). The van der Waals surface area contributed by atoms with Crippen LogP contribution in [0.4, 0.5) is 5.69 Å². The van der Waals surface area contributed by atoms with Crippen molar-refractivity contribution >= 4 is 33.4 Å². The van der Waals surface area contributed by atoms with Gasteiger partial charge in [0.15, 0.2) is 0 Å². The Bertz CT molecular complexity index is 1060. The summed E-state index contributed by atoms with van der Waals surface area (Å²) < 4.78 is 1.85. The maximum absolute atomic E-state index is 12.7. The van der Waals surface area contributed by atoms with Gasteiger partial charge in [-0.15, -0.1) is 0 Å². The van der Waals surface area contributed by atoms with Gasteiger partial charge in [-0.3, -0.25) is 19.0 Å². The number of nitrogens with zero attached hydrogens (tertiary/aromatic N) is 2. The van der Waals surface area contributed by atoms with Crippen LogP contribution in [0.3, 0.4) is 0 Å². The number of anilines is 1. The van der Waals surface area contributed by atoms with Crippen molar-refractivity contribution in [2.75, 3.05) is 5.32 Å². The minimum atomic E-state index is -0.896. The highest BCUT2D eigenvalue weighted by atomic mass is 79.9. The van der Waals surface area contributed by atoms with E-state index in [0.717, 1.165) is 10.8 Å². The molecule has 0 atom stereocenters. The first-order valence-corrected chi connectivity index (χ1v) is 8.76. The number of aromatic nitrogens is 2. The number of amides is 2. The Morgan fingerprint density at radius 1 is 1.07 bits per heavy atom. The lowest BCUT2D eigenvalue weighted by Gasteiger charge is -2.13. The number of para-hydroxylation sites is 1. The molecule has 0 saturated carbocycles. The normalized spacial score (nSPS) is 10.4. The van der Waals surface area contributed by atoms with E-state index in [4.69, 9.17) is 5.73 Å². The van der Waals surface area contributed by atoms with Crippen LogP contribution in [0.25, 0.3) is 11.4 Å². The van der Waals surface area contributed by atoms with Gasteiger partial charge in [0.2, 0.25) is 5.91 Å². The molecule has 0 spiro atoms. The van der Waals surface area contributed by atoms with Crippen molar-refractivity contribution < 1.29 is 9.59 Å². The second kappa shape index (κ2) is 7.96. The van der Waals surface area contributed by atoms with E-state index >= 15 is 0 Å². The molecule has 0 bridgehead atoms. The zero-order valence-corrected chi connectivity index (χ0v) is 15.6. The average molecular weight is 427 g/mol. The highest BCUT2D eigenvalue weighted by Crippen LogP contribution is 2.21. The smallest absolute Gasteiger partial charge is 0.267 e. The van der Waals surface area contributed by atoms with Crippen molar-refractivity contribution in [2.24, 2.45) is 5.73 Å². The first-order valence-electron chi connectivity index (χ1n) is 7.97. The van der Waals surface area contributed by atoms with Crippen LogP contribution >= 0.6 is 15.9 Å². The van der Waals surface area contributed by atoms with Crippen LogP contribution in [0.2, 0.25) is 0 Å². The number of carbonyl (C=O) groups excluding carboxylic acids is 2. The van der Waals surface area contributed by atoms with Gasteiger partial charge in [0.1, 0.15) is 17.9 Å². The van der Waals surface area contributed by atoms with Gasteiger partial charge in [-0.1, -0.05) is 42.5 Å². The lowest BCUT2D eigenvalue weighted by Crippen LogP contribution is -2.34. The summed E-state index contributed by atoms with van der Waals surface area (Å²) in [6.07, 6.45) is 1.13. The molecule has 0 aliphatic heterocycles. The molecule has 3 N–H and O–H groups in total. The first-order chi connectivity index (χ1) is 13.0. The predicted octanol–water partition coefficient (Wildman–Crippen LogP) is 2.41. The van der Waals surface area contributed by atoms with Crippen LogP contribution in [0.5, 0.6) is 0 Å². The topological polar surface area (TPSA) is 107 Å². The third kappa shape index (κ3) is 4.12. The molecule has 1 aromatic heterocycles. The van der Waals surface area contributed by atoms with Crippen LogP contribution in [-0.2, 0) is 11.3 Å². The molecule has 136 valence electrons. The molecule has 2 amide bonds. The van der Waals surface area contributed by atoms with Crippen LogP contribution in [0.1, 0.15) is 10.4 Å². The Morgan fingerprint density at radius 3 is 2.41 bits per heavy atom. The molecule has 8 heteroatoms. The van der Waals surface area contributed by atoms with Crippen LogP contribution < -0.4 is 16.6 Å². The van der Waals surface area contributed by atoms with Gasteiger partial charge in [-0.2, -0.15) is 0 Å². The zero-order valence-electron chi connectivity index (χ0n) is 14.1. The van der Waals surface area contributed by atoms with Crippen LogP contribution in [-0.4, -0.2) is 21.4 Å². The van der Waals surface area contributed by atoms with Gasteiger partial charge in [0.05, 0.1) is 5.69 Å². The van der Waals surface area contributed by atoms with E-state index in [9.17, 15) is 14.4 Å². The largest absolute Gasteiger partial charge is 0.365 e. The quantitative estimate of drug-likeness (QED) is 0.652. The fourth-order valence-corrected chi connectivity index (χ4v) is 2.91. The molecule has 0 aliphatic carbocycles. The molecular formula is C19H15BrN4O3. The second-order valence-corrected chi connectivity index (χ2v) is 6.50. The molecule has 0 radical (unpaired) electrons. The molecular weight excluding hydrogens is 412 g/mol. The lowest BCUT2D eigenvalue weighted by atomic mass is 10.2. The van der Waals surface area contributed by atoms with Crippen molar-refractivity contribution in [3.8, 4) is 11.4 Å². The highest BCUT2D eigenvalue weighted by Gasteiger charge is 2.18. The minimum Gasteiger partial charge on any atom is -0.365 e. The lowest BCUT2D eigenvalue weighted by molar-refractivity contribution is -0.116. The van der Waals surface area contributed by atoms with Crippen molar-refractivity contribution in [1.29, 1.82) is 0 Å². The fourth-order valence-electron chi connectivity index (χ4n) is 2.52. The number of hydrogen-bond donors (Lipinski definition) is 2. The van der Waals surface area contributed by atoms with E-state index < -0.39 is 17.4 Å². The highest BCUT2D eigenvalue weighted by molar-refractivity contribution is 9.10. The molecule has 0 aliphatic rings. The van der Waals surface area contributed by atoms with E-state index in [0.29, 0.717) is 15.7 Å². The van der Waals surface area contributed by atoms with Crippen LogP contribution in [0.15, 0.2) is 70.1 Å². The number of carbonyl (C=O) groups is 2. The summed E-state index contributed by atoms with van der Waals surface area (Å²) in [7, 11) is 0. The number of hydrogen-bond acceptors (Lipinski definition) is 4. The van der Waals surface area contributed by atoms with Gasteiger partial charge in [-0.25, -0.2) is 4.98 Å². The van der Waals surface area contributed by atoms with Gasteiger partial charge in [0, 0.05) is 16.2 Å². The molecule has 7 nitrogen and oxygen atoms in total. The van der Waals surface area contributed by atoms with E-state index in [1.165, 1.54) is 0 Å². The molecule has 0 unspecified atom stereocenters. The van der Waals surface area contributed by atoms with Crippen molar-refractivity contribution in [3.05, 3.63) is 81.2 Å². The Balaban J connectivity index is 2.01. The summed E-state index contributed by atoms with van der Waals surface area (Å²) in [4.78, 5) is 40.9. The summed E-state index contributed by atoms with van der Waals surface area (Å²) in [5, 5.41) is 2.72. The van der Waals surface area contributed by atoms with Crippen molar-refractivity contribution in [1.82, 2.24) is 9.55 Å². The predicted molar refractivity (Wildman–Crippen MR) is 105 cm³/mol. The summed E-state index contributed by atoms with van der Waals surface area (Å²) in [5.74, 6) is -1.07. The van der Waals surface area contributed by atoms with E-state index in [2.05, 4.69) is 26.2 Å². The molecule has 3 rings (SSSR count). The average Bonchev–Trinajstić information content (AvgIpc) is 2.65.